The van der Waals surface area contributed by atoms with Crippen LogP contribution in [0.4, 0.5) is 9.59 Å². The van der Waals surface area contributed by atoms with Crippen LogP contribution in [-0.4, -0.2) is 64.9 Å². The first-order valence-electron chi connectivity index (χ1n) is 18.9. The maximum Gasteiger partial charge on any atom is 0.408 e. The quantitative estimate of drug-likeness (QED) is 0.0781. The molecule has 13 heteroatoms. The van der Waals surface area contributed by atoms with Crippen molar-refractivity contribution in [2.75, 3.05) is 6.54 Å². The van der Waals surface area contributed by atoms with E-state index in [-0.39, 0.29) is 44.6 Å². The first-order valence-corrected chi connectivity index (χ1v) is 18.9. The molecular weight excluding hydrogens is 725 g/mol. The second-order valence-corrected chi connectivity index (χ2v) is 14.4. The van der Waals surface area contributed by atoms with Gasteiger partial charge in [0.1, 0.15) is 25.3 Å². The zero-order chi connectivity index (χ0) is 41.2. The van der Waals surface area contributed by atoms with Crippen molar-refractivity contribution in [2.24, 2.45) is 11.8 Å². The molecule has 57 heavy (non-hydrogen) atoms. The molecule has 0 aromatic heterocycles. The van der Waals surface area contributed by atoms with E-state index in [9.17, 15) is 29.5 Å². The number of rotatable bonds is 19. The van der Waals surface area contributed by atoms with E-state index in [2.05, 4.69) is 27.4 Å². The molecule has 4 amide bonds. The van der Waals surface area contributed by atoms with Crippen LogP contribution < -0.4 is 21.4 Å². The van der Waals surface area contributed by atoms with Crippen LogP contribution in [0.25, 0.3) is 0 Å². The van der Waals surface area contributed by atoms with Gasteiger partial charge in [-0.25, -0.2) is 14.6 Å². The predicted molar refractivity (Wildman–Crippen MR) is 215 cm³/mol. The Morgan fingerprint density at radius 2 is 1.09 bits per heavy atom. The topological polar surface area (TPSA) is 182 Å². The molecule has 300 valence electrons. The van der Waals surface area contributed by atoms with E-state index >= 15 is 0 Å². The normalized spacial score (nSPS) is 13.1. The van der Waals surface area contributed by atoms with Crippen LogP contribution in [0, 0.1) is 23.2 Å². The number of alkyl carbamates (subject to hydrolysis) is 2. The van der Waals surface area contributed by atoms with Gasteiger partial charge in [-0.15, -0.1) is 0 Å². The number of nitrogens with zero attached hydrogens (tertiary/aromatic N) is 2. The van der Waals surface area contributed by atoms with Gasteiger partial charge in [0.15, 0.2) is 0 Å². The third-order valence-corrected chi connectivity index (χ3v) is 9.09. The number of nitriles is 1. The molecule has 0 aliphatic heterocycles. The Hall–Kier alpha value is -6.23. The van der Waals surface area contributed by atoms with Crippen LogP contribution in [0.15, 0.2) is 115 Å². The van der Waals surface area contributed by atoms with Crippen molar-refractivity contribution in [2.45, 2.75) is 78.1 Å². The largest absolute Gasteiger partial charge is 0.445 e. The van der Waals surface area contributed by atoms with Crippen molar-refractivity contribution in [3.63, 3.8) is 0 Å². The Kier molecular flexibility index (Phi) is 17.1. The maximum atomic E-state index is 13.9. The van der Waals surface area contributed by atoms with Crippen molar-refractivity contribution < 1.29 is 33.8 Å². The van der Waals surface area contributed by atoms with Gasteiger partial charge in [-0.3, -0.25) is 15.0 Å². The Morgan fingerprint density at radius 3 is 1.54 bits per heavy atom. The number of hydrogen-bond acceptors (Lipinski definition) is 9. The summed E-state index contributed by atoms with van der Waals surface area (Å²) in [6, 6.07) is 33.6. The van der Waals surface area contributed by atoms with Gasteiger partial charge in [0.05, 0.1) is 23.8 Å². The molecule has 0 aliphatic carbocycles. The van der Waals surface area contributed by atoms with E-state index < -0.39 is 48.2 Å². The number of nitrogens with one attached hydrogen (secondary N) is 4. The van der Waals surface area contributed by atoms with Crippen LogP contribution in [0.5, 0.6) is 0 Å². The third-order valence-electron chi connectivity index (χ3n) is 9.09. The van der Waals surface area contributed by atoms with Crippen molar-refractivity contribution >= 4 is 24.0 Å². The summed E-state index contributed by atoms with van der Waals surface area (Å²) in [4.78, 5) is 53.4. The van der Waals surface area contributed by atoms with Gasteiger partial charge in [-0.05, 0) is 52.6 Å². The van der Waals surface area contributed by atoms with Crippen molar-refractivity contribution in [3.05, 3.63) is 143 Å². The summed E-state index contributed by atoms with van der Waals surface area (Å²) in [5.74, 6) is -1.76. The monoisotopic (exact) mass is 776 g/mol. The van der Waals surface area contributed by atoms with Crippen LogP contribution >= 0.6 is 0 Å². The third kappa shape index (κ3) is 14.7. The highest BCUT2D eigenvalue weighted by Crippen LogP contribution is 2.14. The Labute approximate surface area is 334 Å². The molecule has 13 nitrogen and oxygen atoms in total. The molecule has 0 radical (unpaired) electrons. The minimum atomic E-state index is -1.26. The van der Waals surface area contributed by atoms with Crippen molar-refractivity contribution in [1.29, 1.82) is 5.26 Å². The van der Waals surface area contributed by atoms with Crippen LogP contribution in [0.1, 0.15) is 55.5 Å². The number of amides is 4. The first kappa shape index (κ1) is 43.5. The first-order chi connectivity index (χ1) is 27.4. The molecule has 5 N–H and O–H groups in total. The van der Waals surface area contributed by atoms with Gasteiger partial charge in [-0.2, -0.15) is 5.26 Å². The van der Waals surface area contributed by atoms with E-state index in [1.54, 1.807) is 52.0 Å². The minimum Gasteiger partial charge on any atom is -0.445 e. The van der Waals surface area contributed by atoms with E-state index in [0.29, 0.717) is 5.56 Å². The SMILES string of the molecule is CC(C)[C@H](NC(=O)OCc1ccccc1)C(=O)N[C@@H](Cc1ccccc1)[C@@H](O)CN(Cc1ccc(C#N)cc1)NC(=O)[C@@H](NC(=O)OCc1ccccc1)C(C)C. The number of carbonyl (C=O) groups is 4. The van der Waals surface area contributed by atoms with Gasteiger partial charge in [0, 0.05) is 13.1 Å². The highest BCUT2D eigenvalue weighted by Gasteiger charge is 2.32. The lowest BCUT2D eigenvalue weighted by molar-refractivity contribution is -0.131. The lowest BCUT2D eigenvalue weighted by Crippen LogP contribution is -2.59. The second kappa shape index (κ2) is 22.4. The van der Waals surface area contributed by atoms with E-state index in [4.69, 9.17) is 9.47 Å². The number of aliphatic hydroxyl groups is 1. The molecule has 0 bridgehead atoms. The Morgan fingerprint density at radius 1 is 0.632 bits per heavy atom. The lowest BCUT2D eigenvalue weighted by atomic mass is 9.98. The summed E-state index contributed by atoms with van der Waals surface area (Å²) in [6.45, 7) is 7.13. The van der Waals surface area contributed by atoms with Crippen LogP contribution in [0.2, 0.25) is 0 Å². The Bertz CT molecular complexity index is 1900. The molecule has 4 aromatic rings. The predicted octanol–water partition coefficient (Wildman–Crippen LogP) is 5.38. The fourth-order valence-corrected chi connectivity index (χ4v) is 5.91. The highest BCUT2D eigenvalue weighted by molar-refractivity contribution is 5.86. The van der Waals surface area contributed by atoms with Crippen molar-refractivity contribution in [1.82, 2.24) is 26.4 Å². The van der Waals surface area contributed by atoms with E-state index in [1.165, 1.54) is 5.01 Å². The van der Waals surface area contributed by atoms with E-state index in [0.717, 1.165) is 22.3 Å². The average Bonchev–Trinajstić information content (AvgIpc) is 3.21. The van der Waals surface area contributed by atoms with Gasteiger partial charge >= 0.3 is 12.2 Å². The smallest absolute Gasteiger partial charge is 0.408 e. The standard InChI is InChI=1S/C44H52N6O7/c1-30(2)39(47-43(54)56-28-35-16-10-6-11-17-35)41(52)46-37(24-32-14-8-5-9-15-32)38(51)27-50(26-34-22-20-33(25-45)21-23-34)49-42(53)40(31(3)4)48-44(55)57-29-36-18-12-7-13-19-36/h5-23,30-31,37-40,51H,24,26-29H2,1-4H3,(H,46,52)(H,47,54)(H,48,55)(H,49,53)/t37-,38-,39-,40-/m0/s1. The van der Waals surface area contributed by atoms with Crippen LogP contribution in [0.3, 0.4) is 0 Å². The zero-order valence-corrected chi connectivity index (χ0v) is 32.8. The second-order valence-electron chi connectivity index (χ2n) is 14.4. The minimum absolute atomic E-state index is 0.0205. The summed E-state index contributed by atoms with van der Waals surface area (Å²) in [7, 11) is 0. The molecular formula is C44H52N6O7. The zero-order valence-electron chi connectivity index (χ0n) is 32.8. The maximum absolute atomic E-state index is 13.9. The Balaban J connectivity index is 1.52. The molecule has 0 fully saturated rings. The van der Waals surface area contributed by atoms with Crippen LogP contribution in [-0.2, 0) is 45.2 Å². The van der Waals surface area contributed by atoms with Gasteiger partial charge in [0.25, 0.3) is 5.91 Å². The average molecular weight is 777 g/mol. The molecule has 0 saturated heterocycles. The number of hydrogen-bond donors (Lipinski definition) is 5. The molecule has 4 aromatic carbocycles. The summed E-state index contributed by atoms with van der Waals surface area (Å²) >= 11 is 0. The molecule has 0 unspecified atom stereocenters. The van der Waals surface area contributed by atoms with Crippen molar-refractivity contribution in [3.8, 4) is 6.07 Å². The molecule has 0 spiro atoms. The summed E-state index contributed by atoms with van der Waals surface area (Å²) in [5.41, 5.74) is 6.45. The number of benzene rings is 4. The molecule has 0 saturated carbocycles. The fraction of sp³-hybridized carbons (Fsp3) is 0.341. The molecule has 0 heterocycles. The summed E-state index contributed by atoms with van der Waals surface area (Å²) < 4.78 is 10.8. The number of carbonyl (C=O) groups excluding carboxylic acids is 4. The number of hydrazine groups is 1. The van der Waals surface area contributed by atoms with Gasteiger partial charge in [-0.1, -0.05) is 131 Å². The van der Waals surface area contributed by atoms with Gasteiger partial charge in [0.2, 0.25) is 5.91 Å². The highest BCUT2D eigenvalue weighted by atomic mass is 16.6. The number of aliphatic hydroxyl groups excluding tert-OH is 1. The molecule has 0 aliphatic rings. The number of ether oxygens (including phenoxy) is 2. The lowest BCUT2D eigenvalue weighted by Gasteiger charge is -2.33. The molecule has 4 atom stereocenters. The van der Waals surface area contributed by atoms with Gasteiger partial charge < -0.3 is 30.5 Å². The summed E-state index contributed by atoms with van der Waals surface area (Å²) in [6.07, 6.45) is -2.57. The fourth-order valence-electron chi connectivity index (χ4n) is 5.91. The molecule has 4 rings (SSSR count). The summed E-state index contributed by atoms with van der Waals surface area (Å²) in [5, 5.41) is 31.0. The van der Waals surface area contributed by atoms with E-state index in [1.807, 2.05) is 91.0 Å².